The van der Waals surface area contributed by atoms with Crippen LogP contribution in [0.15, 0.2) is 60.7 Å². The Morgan fingerprint density at radius 2 is 1.39 bits per heavy atom. The monoisotopic (exact) mass is 458 g/mol. The molecule has 1 heterocycles. The van der Waals surface area contributed by atoms with Crippen molar-refractivity contribution in [3.63, 3.8) is 0 Å². The summed E-state index contributed by atoms with van der Waals surface area (Å²) in [6.07, 6.45) is 0. The van der Waals surface area contributed by atoms with Gasteiger partial charge in [-0.1, -0.05) is 42.5 Å². The smallest absolute Gasteiger partial charge is 0.253 e. The maximum atomic E-state index is 13.7. The van der Waals surface area contributed by atoms with E-state index in [-0.39, 0.29) is 18.6 Å². The summed E-state index contributed by atoms with van der Waals surface area (Å²) in [6, 6.07) is 16.6. The fourth-order valence-electron chi connectivity index (χ4n) is 3.71. The van der Waals surface area contributed by atoms with E-state index < -0.39 is 29.0 Å². The van der Waals surface area contributed by atoms with Crippen LogP contribution in [-0.4, -0.2) is 41.9 Å². The molecule has 1 fully saturated rings. The number of hydrogen-bond donors (Lipinski definition) is 0. The van der Waals surface area contributed by atoms with Gasteiger partial charge in [-0.2, -0.15) is 8.78 Å². The van der Waals surface area contributed by atoms with Crippen LogP contribution >= 0.6 is 0 Å². The molecule has 3 aromatic carbocycles. The molecule has 4 rings (SSSR count). The lowest BCUT2D eigenvalue weighted by atomic mass is 10.1. The number of ether oxygens (including phenoxy) is 1. The second-order valence-corrected chi connectivity index (χ2v) is 7.84. The molecule has 1 amide bonds. The second-order valence-electron chi connectivity index (χ2n) is 7.84. The van der Waals surface area contributed by atoms with Crippen LogP contribution in [0.3, 0.4) is 0 Å². The van der Waals surface area contributed by atoms with Crippen molar-refractivity contribution < 1.29 is 27.1 Å². The molecule has 0 unspecified atom stereocenters. The van der Waals surface area contributed by atoms with E-state index in [0.717, 1.165) is 19.6 Å². The van der Waals surface area contributed by atoms with Crippen molar-refractivity contribution in [1.82, 2.24) is 9.80 Å². The van der Waals surface area contributed by atoms with Crippen molar-refractivity contribution in [2.24, 2.45) is 0 Å². The van der Waals surface area contributed by atoms with Crippen molar-refractivity contribution >= 4 is 5.91 Å². The van der Waals surface area contributed by atoms with Crippen LogP contribution in [0, 0.1) is 23.3 Å². The minimum absolute atomic E-state index is 0.105. The Morgan fingerprint density at radius 1 is 0.788 bits per heavy atom. The van der Waals surface area contributed by atoms with E-state index in [9.17, 15) is 22.4 Å². The molecule has 1 saturated heterocycles. The van der Waals surface area contributed by atoms with E-state index in [0.29, 0.717) is 24.2 Å². The summed E-state index contributed by atoms with van der Waals surface area (Å²) in [7, 11) is 0. The Labute approximate surface area is 189 Å². The zero-order valence-electron chi connectivity index (χ0n) is 17.7. The fourth-order valence-corrected chi connectivity index (χ4v) is 3.71. The molecule has 1 aliphatic rings. The van der Waals surface area contributed by atoms with E-state index in [4.69, 9.17) is 4.74 Å². The average Bonchev–Trinajstić information content (AvgIpc) is 2.84. The van der Waals surface area contributed by atoms with E-state index >= 15 is 0 Å². The molecule has 3 aromatic rings. The first-order valence-corrected chi connectivity index (χ1v) is 10.5. The van der Waals surface area contributed by atoms with Crippen molar-refractivity contribution in [3.8, 4) is 5.75 Å². The standard InChI is InChI=1S/C25H22F4N2O2/c26-20-14-21(27)23(29)24(22(20)28)33-16-18-6-8-19(9-7-18)25(32)31-12-10-30(11-13-31)15-17-4-2-1-3-5-17/h1-9,14H,10-13,15-16H2. The van der Waals surface area contributed by atoms with E-state index in [2.05, 4.69) is 17.0 Å². The van der Waals surface area contributed by atoms with Gasteiger partial charge in [-0.3, -0.25) is 9.69 Å². The molecule has 4 nitrogen and oxygen atoms in total. The number of benzene rings is 3. The lowest BCUT2D eigenvalue weighted by Crippen LogP contribution is -2.48. The highest BCUT2D eigenvalue weighted by Gasteiger charge is 2.23. The molecular weight excluding hydrogens is 436 g/mol. The normalized spacial score (nSPS) is 14.4. The quantitative estimate of drug-likeness (QED) is 0.394. The Kier molecular flexibility index (Phi) is 6.93. The van der Waals surface area contributed by atoms with Gasteiger partial charge in [0.05, 0.1) is 0 Å². The van der Waals surface area contributed by atoms with Gasteiger partial charge in [0.15, 0.2) is 17.4 Å². The highest BCUT2D eigenvalue weighted by molar-refractivity contribution is 5.94. The van der Waals surface area contributed by atoms with E-state index in [1.54, 1.807) is 29.2 Å². The molecule has 0 saturated carbocycles. The summed E-state index contributed by atoms with van der Waals surface area (Å²) in [5, 5.41) is 0. The highest BCUT2D eigenvalue weighted by atomic mass is 19.2. The fraction of sp³-hybridized carbons (Fsp3) is 0.240. The molecule has 0 radical (unpaired) electrons. The summed E-state index contributed by atoms with van der Waals surface area (Å²) >= 11 is 0. The van der Waals surface area contributed by atoms with E-state index in [1.165, 1.54) is 5.56 Å². The second kappa shape index (κ2) is 10.0. The molecule has 8 heteroatoms. The van der Waals surface area contributed by atoms with Gasteiger partial charge in [-0.05, 0) is 23.3 Å². The topological polar surface area (TPSA) is 32.8 Å². The van der Waals surface area contributed by atoms with Crippen molar-refractivity contribution in [2.75, 3.05) is 26.2 Å². The minimum Gasteiger partial charge on any atom is -0.483 e. The average molecular weight is 458 g/mol. The van der Waals surface area contributed by atoms with Crippen LogP contribution in [0.2, 0.25) is 0 Å². The summed E-state index contributed by atoms with van der Waals surface area (Å²) in [5.74, 6) is -7.46. The number of nitrogens with zero attached hydrogens (tertiary/aromatic N) is 2. The van der Waals surface area contributed by atoms with Crippen LogP contribution in [0.25, 0.3) is 0 Å². The molecule has 0 atom stereocenters. The lowest BCUT2D eigenvalue weighted by molar-refractivity contribution is 0.0628. The predicted octanol–water partition coefficient (Wildman–Crippen LogP) is 4.78. The molecule has 0 aromatic heterocycles. The SMILES string of the molecule is O=C(c1ccc(COc2c(F)c(F)cc(F)c2F)cc1)N1CCN(Cc2ccccc2)CC1. The summed E-state index contributed by atoms with van der Waals surface area (Å²) in [6.45, 7) is 3.29. The van der Waals surface area contributed by atoms with Gasteiger partial charge in [0.1, 0.15) is 6.61 Å². The molecule has 0 aliphatic carbocycles. The lowest BCUT2D eigenvalue weighted by Gasteiger charge is -2.34. The summed E-state index contributed by atoms with van der Waals surface area (Å²) in [4.78, 5) is 16.9. The summed E-state index contributed by atoms with van der Waals surface area (Å²) < 4.78 is 59.0. The molecule has 1 aliphatic heterocycles. The third kappa shape index (κ3) is 5.34. The first-order valence-electron chi connectivity index (χ1n) is 10.5. The number of carbonyl (C=O) groups is 1. The maximum Gasteiger partial charge on any atom is 0.253 e. The minimum atomic E-state index is -1.59. The molecule has 172 valence electrons. The van der Waals surface area contributed by atoms with Gasteiger partial charge < -0.3 is 9.64 Å². The zero-order chi connectivity index (χ0) is 23.4. The van der Waals surface area contributed by atoms with Crippen LogP contribution < -0.4 is 4.74 Å². The first kappa shape index (κ1) is 22.8. The number of amides is 1. The number of halogens is 4. The van der Waals surface area contributed by atoms with Crippen LogP contribution in [0.4, 0.5) is 17.6 Å². The Morgan fingerprint density at radius 3 is 2.00 bits per heavy atom. The summed E-state index contributed by atoms with van der Waals surface area (Å²) in [5.41, 5.74) is 2.20. The van der Waals surface area contributed by atoms with Gasteiger partial charge in [-0.15, -0.1) is 0 Å². The maximum absolute atomic E-state index is 13.7. The third-order valence-corrected chi connectivity index (χ3v) is 5.56. The van der Waals surface area contributed by atoms with Gasteiger partial charge in [-0.25, -0.2) is 8.78 Å². The number of hydrogen-bond acceptors (Lipinski definition) is 3. The molecule has 0 spiro atoms. The van der Waals surface area contributed by atoms with Crippen LogP contribution in [-0.2, 0) is 13.2 Å². The Balaban J connectivity index is 1.32. The Hall–Kier alpha value is -3.39. The number of carbonyl (C=O) groups excluding carboxylic acids is 1. The largest absolute Gasteiger partial charge is 0.483 e. The van der Waals surface area contributed by atoms with Crippen LogP contribution in [0.5, 0.6) is 5.75 Å². The van der Waals surface area contributed by atoms with Gasteiger partial charge in [0.25, 0.3) is 5.91 Å². The van der Waals surface area contributed by atoms with Gasteiger partial charge >= 0.3 is 0 Å². The van der Waals surface area contributed by atoms with Gasteiger partial charge in [0, 0.05) is 44.4 Å². The highest BCUT2D eigenvalue weighted by Crippen LogP contribution is 2.27. The molecular formula is C25H22F4N2O2. The molecule has 0 N–H and O–H groups in total. The Bertz CT molecular complexity index is 1090. The predicted molar refractivity (Wildman–Crippen MR) is 115 cm³/mol. The van der Waals surface area contributed by atoms with Crippen molar-refractivity contribution in [3.05, 3.63) is 101 Å². The van der Waals surface area contributed by atoms with E-state index in [1.807, 2.05) is 18.2 Å². The molecule has 0 bridgehead atoms. The van der Waals surface area contributed by atoms with Crippen LogP contribution in [0.1, 0.15) is 21.5 Å². The van der Waals surface area contributed by atoms with Crippen molar-refractivity contribution in [1.29, 1.82) is 0 Å². The number of rotatable bonds is 6. The molecule has 33 heavy (non-hydrogen) atoms. The van der Waals surface area contributed by atoms with Crippen molar-refractivity contribution in [2.45, 2.75) is 13.2 Å². The zero-order valence-corrected chi connectivity index (χ0v) is 17.7. The number of piperazine rings is 1. The first-order chi connectivity index (χ1) is 15.9. The third-order valence-electron chi connectivity index (χ3n) is 5.56. The van der Waals surface area contributed by atoms with Gasteiger partial charge in [0.2, 0.25) is 11.6 Å².